The van der Waals surface area contributed by atoms with E-state index in [-0.39, 0.29) is 10.0 Å². The second-order valence-electron chi connectivity index (χ2n) is 5.71. The van der Waals surface area contributed by atoms with E-state index in [4.69, 9.17) is 16.1 Å². The van der Waals surface area contributed by atoms with Crippen molar-refractivity contribution in [2.75, 3.05) is 4.72 Å². The van der Waals surface area contributed by atoms with E-state index in [1.54, 1.807) is 11.4 Å². The van der Waals surface area contributed by atoms with Gasteiger partial charge in [0, 0.05) is 23.1 Å². The van der Waals surface area contributed by atoms with Crippen molar-refractivity contribution in [1.82, 2.24) is 15.1 Å². The molecule has 0 aromatic carbocycles. The average Bonchev–Trinajstić information content (AvgIpc) is 3.17. The van der Waals surface area contributed by atoms with Gasteiger partial charge in [-0.05, 0) is 31.0 Å². The Kier molecular flexibility index (Phi) is 4.22. The molecule has 1 aliphatic rings. The van der Waals surface area contributed by atoms with Gasteiger partial charge in [0.2, 0.25) is 11.7 Å². The summed E-state index contributed by atoms with van der Waals surface area (Å²) >= 11 is 6.83. The fraction of sp³-hybridized carbons (Fsp3) is 0.267. The van der Waals surface area contributed by atoms with Crippen molar-refractivity contribution in [1.29, 1.82) is 0 Å². The first-order chi connectivity index (χ1) is 12.0. The van der Waals surface area contributed by atoms with E-state index in [0.717, 1.165) is 24.2 Å². The van der Waals surface area contributed by atoms with E-state index in [0.29, 0.717) is 28.2 Å². The summed E-state index contributed by atoms with van der Waals surface area (Å²) < 4.78 is 32.8. The molecule has 25 heavy (non-hydrogen) atoms. The van der Waals surface area contributed by atoms with Gasteiger partial charge in [-0.1, -0.05) is 23.2 Å². The molecule has 1 saturated carbocycles. The SMILES string of the molecule is O=S(=O)(Nc1ccc(Cl)cn1)c1cc(-c2noc(C3CCC3)n2)cs1. The molecule has 4 rings (SSSR count). The standard InChI is InChI=1S/C15H13ClN4O3S2/c16-11-4-5-12(17-7-11)20-25(21,22)13-6-10(8-24-13)14-18-15(23-19-14)9-2-1-3-9/h4-9H,1-3H2,(H,17,20). The topological polar surface area (TPSA) is 98.0 Å². The molecule has 1 aliphatic carbocycles. The second-order valence-corrected chi connectivity index (χ2v) is 8.96. The zero-order valence-electron chi connectivity index (χ0n) is 12.8. The maximum Gasteiger partial charge on any atom is 0.272 e. The zero-order valence-corrected chi connectivity index (χ0v) is 15.2. The Hall–Kier alpha value is -1.97. The van der Waals surface area contributed by atoms with Crippen molar-refractivity contribution in [3.8, 4) is 11.4 Å². The number of nitrogens with one attached hydrogen (secondary N) is 1. The fourth-order valence-electron chi connectivity index (χ4n) is 2.37. The number of hydrogen-bond donors (Lipinski definition) is 1. The number of nitrogens with zero attached hydrogens (tertiary/aromatic N) is 3. The first-order valence-corrected chi connectivity index (χ1v) is 10.3. The lowest BCUT2D eigenvalue weighted by Crippen LogP contribution is -2.12. The molecule has 0 amide bonds. The van der Waals surface area contributed by atoms with Gasteiger partial charge in [-0.2, -0.15) is 4.98 Å². The number of thiophene rings is 1. The molecule has 0 atom stereocenters. The molecule has 1 N–H and O–H groups in total. The van der Waals surface area contributed by atoms with Gasteiger partial charge in [0.1, 0.15) is 10.0 Å². The van der Waals surface area contributed by atoms with E-state index >= 15 is 0 Å². The highest BCUT2D eigenvalue weighted by Crippen LogP contribution is 2.36. The first-order valence-electron chi connectivity index (χ1n) is 7.58. The predicted molar refractivity (Wildman–Crippen MR) is 94.3 cm³/mol. The van der Waals surface area contributed by atoms with Crippen LogP contribution < -0.4 is 4.72 Å². The fourth-order valence-corrected chi connectivity index (χ4v) is 4.65. The Morgan fingerprint density at radius 3 is 2.84 bits per heavy atom. The van der Waals surface area contributed by atoms with Gasteiger partial charge in [0.05, 0.1) is 5.02 Å². The summed E-state index contributed by atoms with van der Waals surface area (Å²) in [5.74, 6) is 1.57. The van der Waals surface area contributed by atoms with Crippen molar-refractivity contribution >= 4 is 38.8 Å². The Balaban J connectivity index is 1.55. The Morgan fingerprint density at radius 1 is 1.32 bits per heavy atom. The highest BCUT2D eigenvalue weighted by Gasteiger charge is 2.26. The third-order valence-corrected chi connectivity index (χ3v) is 6.98. The number of hydrogen-bond acceptors (Lipinski definition) is 7. The minimum absolute atomic E-state index is 0.147. The number of rotatable bonds is 5. The molecule has 0 bridgehead atoms. The van der Waals surface area contributed by atoms with Crippen molar-refractivity contribution in [2.45, 2.75) is 29.4 Å². The van der Waals surface area contributed by atoms with Crippen LogP contribution in [0.4, 0.5) is 5.82 Å². The Bertz CT molecular complexity index is 994. The van der Waals surface area contributed by atoms with E-state index in [1.807, 2.05) is 0 Å². The summed E-state index contributed by atoms with van der Waals surface area (Å²) in [5, 5.41) is 6.08. The minimum atomic E-state index is -3.74. The minimum Gasteiger partial charge on any atom is -0.339 e. The molecule has 0 aliphatic heterocycles. The lowest BCUT2D eigenvalue weighted by atomic mass is 9.85. The summed E-state index contributed by atoms with van der Waals surface area (Å²) in [5.41, 5.74) is 0.615. The summed E-state index contributed by atoms with van der Waals surface area (Å²) in [7, 11) is -3.74. The molecule has 1 fully saturated rings. The van der Waals surface area contributed by atoms with Crippen molar-refractivity contribution < 1.29 is 12.9 Å². The third kappa shape index (κ3) is 3.39. The van der Waals surface area contributed by atoms with Crippen LogP contribution in [0.25, 0.3) is 11.4 Å². The average molecular weight is 397 g/mol. The highest BCUT2D eigenvalue weighted by molar-refractivity contribution is 7.94. The summed E-state index contributed by atoms with van der Waals surface area (Å²) in [6.07, 6.45) is 4.67. The van der Waals surface area contributed by atoms with E-state index < -0.39 is 10.0 Å². The monoisotopic (exact) mass is 396 g/mol. The zero-order chi connectivity index (χ0) is 17.4. The number of aromatic nitrogens is 3. The van der Waals surface area contributed by atoms with Crippen LogP contribution in [0.5, 0.6) is 0 Å². The van der Waals surface area contributed by atoms with Gasteiger partial charge in [0.25, 0.3) is 10.0 Å². The quantitative estimate of drug-likeness (QED) is 0.701. The number of anilines is 1. The van der Waals surface area contributed by atoms with Gasteiger partial charge in [-0.25, -0.2) is 13.4 Å². The summed E-state index contributed by atoms with van der Waals surface area (Å²) in [6, 6.07) is 4.59. The van der Waals surface area contributed by atoms with E-state index in [9.17, 15) is 8.42 Å². The second kappa shape index (κ2) is 6.40. The molecule has 0 unspecified atom stereocenters. The smallest absolute Gasteiger partial charge is 0.272 e. The summed E-state index contributed by atoms with van der Waals surface area (Å²) in [6.45, 7) is 0. The first kappa shape index (κ1) is 16.5. The highest BCUT2D eigenvalue weighted by atomic mass is 35.5. The molecular weight excluding hydrogens is 384 g/mol. The molecule has 0 radical (unpaired) electrons. The van der Waals surface area contributed by atoms with Crippen molar-refractivity contribution in [3.63, 3.8) is 0 Å². The molecular formula is C15H13ClN4O3S2. The maximum atomic E-state index is 12.5. The Morgan fingerprint density at radius 2 is 2.16 bits per heavy atom. The Labute approximate surface area is 153 Å². The molecule has 0 spiro atoms. The van der Waals surface area contributed by atoms with Crippen LogP contribution in [0.1, 0.15) is 31.1 Å². The normalized spacial score (nSPS) is 15.1. The van der Waals surface area contributed by atoms with Crippen LogP contribution >= 0.6 is 22.9 Å². The number of halogens is 1. The lowest BCUT2D eigenvalue weighted by molar-refractivity contribution is 0.292. The van der Waals surface area contributed by atoms with Crippen LogP contribution in [-0.2, 0) is 10.0 Å². The molecule has 3 heterocycles. The van der Waals surface area contributed by atoms with Crippen LogP contribution in [0, 0.1) is 0 Å². The third-order valence-electron chi connectivity index (χ3n) is 3.96. The van der Waals surface area contributed by atoms with Gasteiger partial charge in [-0.3, -0.25) is 4.72 Å². The molecule has 10 heteroatoms. The lowest BCUT2D eigenvalue weighted by Gasteiger charge is -2.20. The molecule has 3 aromatic heterocycles. The molecule has 0 saturated heterocycles. The van der Waals surface area contributed by atoms with Crippen LogP contribution in [0.2, 0.25) is 5.02 Å². The summed E-state index contributed by atoms with van der Waals surface area (Å²) in [4.78, 5) is 8.31. The number of pyridine rings is 1. The van der Waals surface area contributed by atoms with E-state index in [2.05, 4.69) is 19.8 Å². The van der Waals surface area contributed by atoms with Crippen LogP contribution in [0.15, 0.2) is 38.5 Å². The van der Waals surface area contributed by atoms with E-state index in [1.165, 1.54) is 24.8 Å². The van der Waals surface area contributed by atoms with Gasteiger partial charge < -0.3 is 4.52 Å². The predicted octanol–water partition coefficient (Wildman–Crippen LogP) is 3.91. The van der Waals surface area contributed by atoms with Gasteiger partial charge in [-0.15, -0.1) is 11.3 Å². The van der Waals surface area contributed by atoms with Crippen molar-refractivity contribution in [3.05, 3.63) is 40.7 Å². The molecule has 3 aromatic rings. The van der Waals surface area contributed by atoms with Crippen LogP contribution in [-0.4, -0.2) is 23.5 Å². The molecule has 7 nitrogen and oxygen atoms in total. The van der Waals surface area contributed by atoms with Crippen LogP contribution in [0.3, 0.4) is 0 Å². The largest absolute Gasteiger partial charge is 0.339 e. The molecule has 130 valence electrons. The maximum absolute atomic E-state index is 12.5. The number of sulfonamides is 1. The van der Waals surface area contributed by atoms with Gasteiger partial charge in [0.15, 0.2) is 0 Å². The van der Waals surface area contributed by atoms with Crippen molar-refractivity contribution in [2.24, 2.45) is 0 Å². The van der Waals surface area contributed by atoms with Gasteiger partial charge >= 0.3 is 0 Å².